The lowest BCUT2D eigenvalue weighted by Gasteiger charge is -2.51. The van der Waals surface area contributed by atoms with Crippen LogP contribution in [-0.4, -0.2) is 36.6 Å². The highest BCUT2D eigenvalue weighted by atomic mass is 15.2. The van der Waals surface area contributed by atoms with Gasteiger partial charge in [0.25, 0.3) is 0 Å². The molecule has 25 heavy (non-hydrogen) atoms. The van der Waals surface area contributed by atoms with E-state index in [4.69, 9.17) is 0 Å². The number of nitrogens with one attached hydrogen (secondary N) is 1. The van der Waals surface area contributed by atoms with Crippen LogP contribution in [0.25, 0.3) is 0 Å². The molecule has 0 aromatic heterocycles. The van der Waals surface area contributed by atoms with Crippen LogP contribution in [0.3, 0.4) is 0 Å². The molecule has 2 heteroatoms. The van der Waals surface area contributed by atoms with Crippen molar-refractivity contribution in [3.63, 3.8) is 0 Å². The average molecular weight is 349 g/mol. The highest BCUT2D eigenvalue weighted by Crippen LogP contribution is 2.53. The quantitative estimate of drug-likeness (QED) is 0.711. The smallest absolute Gasteiger partial charge is 0.0125 e. The van der Waals surface area contributed by atoms with E-state index >= 15 is 0 Å². The van der Waals surface area contributed by atoms with Crippen LogP contribution in [0.4, 0.5) is 0 Å². The van der Waals surface area contributed by atoms with Gasteiger partial charge in [0.05, 0.1) is 0 Å². The van der Waals surface area contributed by atoms with Crippen LogP contribution in [0.15, 0.2) is 0 Å². The first-order valence-corrected chi connectivity index (χ1v) is 10.9. The van der Waals surface area contributed by atoms with E-state index in [0.29, 0.717) is 16.4 Å². The molecule has 1 saturated carbocycles. The first-order chi connectivity index (χ1) is 11.5. The van der Waals surface area contributed by atoms with Crippen molar-refractivity contribution in [2.24, 2.45) is 34.5 Å². The third kappa shape index (κ3) is 4.43. The summed E-state index contributed by atoms with van der Waals surface area (Å²) in [5.74, 6) is 3.80. The van der Waals surface area contributed by atoms with Crippen LogP contribution in [0.1, 0.15) is 80.6 Å². The Morgan fingerprint density at radius 3 is 1.84 bits per heavy atom. The van der Waals surface area contributed by atoms with E-state index in [2.05, 4.69) is 58.7 Å². The van der Waals surface area contributed by atoms with Gasteiger partial charge in [-0.1, -0.05) is 27.7 Å². The van der Waals surface area contributed by atoms with E-state index in [1.807, 2.05) is 0 Å². The van der Waals surface area contributed by atoms with Gasteiger partial charge in [0.1, 0.15) is 0 Å². The lowest BCUT2D eigenvalue weighted by atomic mass is 9.56. The number of hydrogen-bond donors (Lipinski definition) is 1. The predicted octanol–water partition coefficient (Wildman–Crippen LogP) is 5.19. The van der Waals surface area contributed by atoms with Crippen LogP contribution in [0.2, 0.25) is 0 Å². The summed E-state index contributed by atoms with van der Waals surface area (Å²) in [5.41, 5.74) is 1.43. The Balaban J connectivity index is 1.44. The Hall–Kier alpha value is -0.0800. The summed E-state index contributed by atoms with van der Waals surface area (Å²) in [7, 11) is 0. The highest BCUT2D eigenvalue weighted by molar-refractivity contribution is 4.97. The number of rotatable bonds is 6. The molecule has 1 N–H and O–H groups in total. The molecule has 0 spiro atoms. The maximum Gasteiger partial charge on any atom is 0.0125 e. The lowest BCUT2D eigenvalue weighted by molar-refractivity contribution is 0.00373. The molecule has 1 unspecified atom stereocenters. The zero-order chi connectivity index (χ0) is 18.5. The van der Waals surface area contributed by atoms with Crippen LogP contribution >= 0.6 is 0 Å². The lowest BCUT2D eigenvalue weighted by Crippen LogP contribution is -2.51. The molecular formula is C23H44N2. The van der Waals surface area contributed by atoms with Gasteiger partial charge in [0.15, 0.2) is 0 Å². The number of nitrogens with zero attached hydrogens (tertiary/aromatic N) is 1. The van der Waals surface area contributed by atoms with Gasteiger partial charge < -0.3 is 5.32 Å². The molecule has 0 bridgehead atoms. The van der Waals surface area contributed by atoms with Crippen molar-refractivity contribution in [2.45, 2.75) is 86.1 Å². The van der Waals surface area contributed by atoms with Crippen molar-refractivity contribution < 1.29 is 0 Å². The monoisotopic (exact) mass is 348 g/mol. The molecule has 0 aromatic carbocycles. The summed E-state index contributed by atoms with van der Waals surface area (Å²) in [4.78, 5) is 2.70. The summed E-state index contributed by atoms with van der Waals surface area (Å²) in [6, 6.07) is 0. The van der Waals surface area contributed by atoms with Crippen molar-refractivity contribution in [1.82, 2.24) is 10.2 Å². The fourth-order valence-corrected chi connectivity index (χ4v) is 5.81. The molecule has 2 aliphatic heterocycles. The van der Waals surface area contributed by atoms with Crippen LogP contribution in [-0.2, 0) is 0 Å². The maximum atomic E-state index is 3.46. The SMILES string of the molecule is CC(C)(CC1CC(C(C)(C)CC2CCN(C(C)(C)C)C2)C1)C1CNC1. The van der Waals surface area contributed by atoms with Crippen molar-refractivity contribution in [3.05, 3.63) is 0 Å². The summed E-state index contributed by atoms with van der Waals surface area (Å²) < 4.78 is 0. The van der Waals surface area contributed by atoms with Gasteiger partial charge in [-0.15, -0.1) is 0 Å². The second-order valence-corrected chi connectivity index (χ2v) is 12.0. The van der Waals surface area contributed by atoms with Gasteiger partial charge in [-0.05, 0) is 107 Å². The van der Waals surface area contributed by atoms with Gasteiger partial charge in [0.2, 0.25) is 0 Å². The zero-order valence-electron chi connectivity index (χ0n) is 18.1. The van der Waals surface area contributed by atoms with E-state index in [1.165, 1.54) is 58.3 Å². The second-order valence-electron chi connectivity index (χ2n) is 12.0. The Morgan fingerprint density at radius 1 is 0.800 bits per heavy atom. The first-order valence-electron chi connectivity index (χ1n) is 10.9. The minimum absolute atomic E-state index is 0.350. The number of likely N-dealkylation sites (tertiary alicyclic amines) is 1. The molecule has 3 fully saturated rings. The molecule has 1 aliphatic carbocycles. The Kier molecular flexibility index (Phi) is 5.37. The second kappa shape index (κ2) is 6.82. The molecule has 3 rings (SSSR count). The minimum Gasteiger partial charge on any atom is -0.316 e. The van der Waals surface area contributed by atoms with Gasteiger partial charge >= 0.3 is 0 Å². The standard InChI is InChI=1S/C23H44N2/c1-21(2,3)25-9-8-17(16-25)12-22(4,5)19-10-18(11-19)13-23(6,7)20-14-24-15-20/h17-20,24H,8-16H2,1-7H3. The Bertz CT molecular complexity index is 449. The molecule has 1 atom stereocenters. The van der Waals surface area contributed by atoms with Gasteiger partial charge in [-0.2, -0.15) is 0 Å². The van der Waals surface area contributed by atoms with E-state index in [-0.39, 0.29) is 0 Å². The number of hydrogen-bond acceptors (Lipinski definition) is 2. The summed E-state index contributed by atoms with van der Waals surface area (Å²) in [5, 5.41) is 3.46. The third-order valence-electron chi connectivity index (χ3n) is 8.09. The highest BCUT2D eigenvalue weighted by Gasteiger charge is 2.45. The Morgan fingerprint density at radius 2 is 1.36 bits per heavy atom. The van der Waals surface area contributed by atoms with Crippen molar-refractivity contribution in [2.75, 3.05) is 26.2 Å². The minimum atomic E-state index is 0.350. The fourth-order valence-electron chi connectivity index (χ4n) is 5.81. The van der Waals surface area contributed by atoms with E-state index in [1.54, 1.807) is 0 Å². The van der Waals surface area contributed by atoms with E-state index in [9.17, 15) is 0 Å². The summed E-state index contributed by atoms with van der Waals surface area (Å²) in [6.07, 6.45) is 7.29. The molecule has 2 nitrogen and oxygen atoms in total. The van der Waals surface area contributed by atoms with Crippen LogP contribution in [0, 0.1) is 34.5 Å². The summed E-state index contributed by atoms with van der Waals surface area (Å²) >= 11 is 0. The average Bonchev–Trinajstić information content (AvgIpc) is 2.77. The fraction of sp³-hybridized carbons (Fsp3) is 1.00. The van der Waals surface area contributed by atoms with Crippen molar-refractivity contribution >= 4 is 0 Å². The molecular weight excluding hydrogens is 304 g/mol. The summed E-state index contributed by atoms with van der Waals surface area (Å²) in [6.45, 7) is 22.4. The molecule has 0 aromatic rings. The van der Waals surface area contributed by atoms with Gasteiger partial charge in [-0.25, -0.2) is 0 Å². The molecule has 2 saturated heterocycles. The molecule has 0 radical (unpaired) electrons. The van der Waals surface area contributed by atoms with E-state index < -0.39 is 0 Å². The van der Waals surface area contributed by atoms with Gasteiger partial charge in [-0.3, -0.25) is 4.90 Å². The van der Waals surface area contributed by atoms with Gasteiger partial charge in [0, 0.05) is 12.1 Å². The molecule has 146 valence electrons. The third-order valence-corrected chi connectivity index (χ3v) is 8.09. The molecule has 3 aliphatic rings. The van der Waals surface area contributed by atoms with Crippen LogP contribution < -0.4 is 5.32 Å². The zero-order valence-corrected chi connectivity index (χ0v) is 18.1. The van der Waals surface area contributed by atoms with Crippen molar-refractivity contribution in [1.29, 1.82) is 0 Å². The van der Waals surface area contributed by atoms with E-state index in [0.717, 1.165) is 23.7 Å². The Labute approximate surface area is 157 Å². The topological polar surface area (TPSA) is 15.3 Å². The molecule has 2 heterocycles. The van der Waals surface area contributed by atoms with Crippen molar-refractivity contribution in [3.8, 4) is 0 Å². The normalized spacial score (nSPS) is 32.5. The molecule has 0 amide bonds. The maximum absolute atomic E-state index is 3.46. The van der Waals surface area contributed by atoms with Crippen LogP contribution in [0.5, 0.6) is 0 Å². The first kappa shape index (κ1) is 19.7. The predicted molar refractivity (Wildman–Crippen MR) is 109 cm³/mol. The largest absolute Gasteiger partial charge is 0.316 e.